The van der Waals surface area contributed by atoms with E-state index in [1.54, 1.807) is 6.20 Å². The van der Waals surface area contributed by atoms with E-state index in [2.05, 4.69) is 17.0 Å². The van der Waals surface area contributed by atoms with Crippen LogP contribution in [0.15, 0.2) is 18.5 Å². The molecule has 2 heterocycles. The number of aromatic nitrogens is 3. The lowest BCUT2D eigenvalue weighted by Crippen LogP contribution is -2.09. The number of nitrogens with zero attached hydrogens (tertiary/aromatic N) is 3. The van der Waals surface area contributed by atoms with Gasteiger partial charge in [-0.2, -0.15) is 5.10 Å². The van der Waals surface area contributed by atoms with Crippen LogP contribution < -0.4 is 5.73 Å². The van der Waals surface area contributed by atoms with Crippen LogP contribution in [-0.4, -0.2) is 14.8 Å². The number of rotatable bonds is 2. The number of pyridine rings is 1. The van der Waals surface area contributed by atoms with Crippen LogP contribution in [0, 0.1) is 5.92 Å². The fourth-order valence-electron chi connectivity index (χ4n) is 2.03. The topological polar surface area (TPSA) is 56.7 Å². The fourth-order valence-corrected chi connectivity index (χ4v) is 2.03. The van der Waals surface area contributed by atoms with Crippen molar-refractivity contribution in [2.24, 2.45) is 5.92 Å². The molecule has 0 aromatic carbocycles. The quantitative estimate of drug-likeness (QED) is 0.810. The molecule has 0 spiro atoms. The molecule has 1 aliphatic rings. The highest BCUT2D eigenvalue weighted by Gasteiger charge is 2.30. The zero-order valence-electron chi connectivity index (χ0n) is 8.72. The third kappa shape index (κ3) is 1.37. The molecule has 2 aromatic heterocycles. The Morgan fingerprint density at radius 2 is 2.27 bits per heavy atom. The zero-order valence-corrected chi connectivity index (χ0v) is 8.72. The number of anilines is 1. The maximum Gasteiger partial charge on any atom is 0.158 e. The second-order valence-corrected chi connectivity index (χ2v) is 4.35. The second kappa shape index (κ2) is 2.95. The molecule has 2 aromatic rings. The van der Waals surface area contributed by atoms with Crippen molar-refractivity contribution >= 4 is 16.7 Å². The van der Waals surface area contributed by atoms with E-state index in [1.807, 2.05) is 16.9 Å². The number of nitrogen functional groups attached to an aromatic ring is 1. The molecule has 0 unspecified atom stereocenters. The molecule has 4 nitrogen and oxygen atoms in total. The van der Waals surface area contributed by atoms with E-state index in [9.17, 15) is 0 Å². The highest BCUT2D eigenvalue weighted by molar-refractivity contribution is 5.77. The average Bonchev–Trinajstić information content (AvgIpc) is 2.98. The summed E-state index contributed by atoms with van der Waals surface area (Å²) in [6.07, 6.45) is 6.17. The Morgan fingerprint density at radius 1 is 1.47 bits per heavy atom. The van der Waals surface area contributed by atoms with Crippen molar-refractivity contribution in [1.29, 1.82) is 0 Å². The molecule has 78 valence electrons. The van der Waals surface area contributed by atoms with Gasteiger partial charge in [0.25, 0.3) is 0 Å². The van der Waals surface area contributed by atoms with Gasteiger partial charge in [-0.1, -0.05) is 0 Å². The van der Waals surface area contributed by atoms with Crippen molar-refractivity contribution in [2.45, 2.75) is 25.8 Å². The van der Waals surface area contributed by atoms with Gasteiger partial charge in [0.1, 0.15) is 0 Å². The van der Waals surface area contributed by atoms with Gasteiger partial charge in [0.15, 0.2) is 5.65 Å². The normalized spacial score (nSPS) is 18.2. The van der Waals surface area contributed by atoms with Crippen molar-refractivity contribution in [2.75, 3.05) is 5.73 Å². The molecular formula is C11H14N4. The molecule has 0 bridgehead atoms. The molecule has 1 saturated carbocycles. The number of hydrogen-bond acceptors (Lipinski definition) is 3. The lowest BCUT2D eigenvalue weighted by Gasteiger charge is -2.11. The molecule has 1 fully saturated rings. The molecule has 1 aliphatic carbocycles. The number of hydrogen-bond donors (Lipinski definition) is 1. The van der Waals surface area contributed by atoms with E-state index >= 15 is 0 Å². The largest absolute Gasteiger partial charge is 0.397 e. The molecule has 15 heavy (non-hydrogen) atoms. The van der Waals surface area contributed by atoms with Crippen molar-refractivity contribution in [1.82, 2.24) is 14.8 Å². The minimum atomic E-state index is 0.457. The number of nitrogens with two attached hydrogens (primary N) is 1. The standard InChI is InChI=1S/C11H14N4/c1-7(8-2-3-8)15-11-9(5-14-15)4-10(12)6-13-11/h4-8H,2-3,12H2,1H3/t7-/m0/s1. The summed E-state index contributed by atoms with van der Waals surface area (Å²) in [6, 6.07) is 2.38. The Labute approximate surface area is 88.1 Å². The first-order valence-corrected chi connectivity index (χ1v) is 5.34. The maximum absolute atomic E-state index is 5.68. The smallest absolute Gasteiger partial charge is 0.158 e. The van der Waals surface area contributed by atoms with E-state index in [0.29, 0.717) is 11.7 Å². The molecular weight excluding hydrogens is 188 g/mol. The summed E-state index contributed by atoms with van der Waals surface area (Å²) < 4.78 is 2.02. The predicted octanol–water partition coefficient (Wildman–Crippen LogP) is 1.98. The van der Waals surface area contributed by atoms with Crippen LogP contribution in [0.2, 0.25) is 0 Å². The van der Waals surface area contributed by atoms with E-state index in [0.717, 1.165) is 17.0 Å². The number of fused-ring (bicyclic) bond motifs is 1. The van der Waals surface area contributed by atoms with E-state index in [4.69, 9.17) is 5.73 Å². The lowest BCUT2D eigenvalue weighted by atomic mass is 10.2. The lowest BCUT2D eigenvalue weighted by molar-refractivity contribution is 0.451. The van der Waals surface area contributed by atoms with Crippen molar-refractivity contribution in [3.63, 3.8) is 0 Å². The first kappa shape index (κ1) is 8.71. The molecule has 4 heteroatoms. The van der Waals surface area contributed by atoms with E-state index < -0.39 is 0 Å². The van der Waals surface area contributed by atoms with Crippen LogP contribution in [0.5, 0.6) is 0 Å². The van der Waals surface area contributed by atoms with Gasteiger partial charge in [-0.3, -0.25) is 0 Å². The van der Waals surface area contributed by atoms with Gasteiger partial charge in [-0.15, -0.1) is 0 Å². The summed E-state index contributed by atoms with van der Waals surface area (Å²) in [5.41, 5.74) is 7.33. The molecule has 0 saturated heterocycles. The van der Waals surface area contributed by atoms with E-state index in [1.165, 1.54) is 12.8 Å². The van der Waals surface area contributed by atoms with Crippen molar-refractivity contribution in [3.8, 4) is 0 Å². The van der Waals surface area contributed by atoms with Gasteiger partial charge in [-0.25, -0.2) is 9.67 Å². The minimum Gasteiger partial charge on any atom is -0.397 e. The van der Waals surface area contributed by atoms with Crippen molar-refractivity contribution in [3.05, 3.63) is 18.5 Å². The molecule has 1 atom stereocenters. The first-order valence-electron chi connectivity index (χ1n) is 5.34. The SMILES string of the molecule is C[C@@H](C1CC1)n1ncc2cc(N)cnc21. The Morgan fingerprint density at radius 3 is 3.00 bits per heavy atom. The zero-order chi connectivity index (χ0) is 10.4. The molecule has 0 amide bonds. The van der Waals surface area contributed by atoms with Crippen LogP contribution in [0.3, 0.4) is 0 Å². The highest BCUT2D eigenvalue weighted by atomic mass is 15.3. The third-order valence-electron chi connectivity index (χ3n) is 3.14. The van der Waals surface area contributed by atoms with Crippen molar-refractivity contribution < 1.29 is 0 Å². The van der Waals surface area contributed by atoms with Gasteiger partial charge >= 0.3 is 0 Å². The Bertz CT molecular complexity index is 498. The monoisotopic (exact) mass is 202 g/mol. The van der Waals surface area contributed by atoms with Crippen LogP contribution in [-0.2, 0) is 0 Å². The molecule has 2 N–H and O–H groups in total. The fraction of sp³-hybridized carbons (Fsp3) is 0.455. The van der Waals surface area contributed by atoms with Gasteiger partial charge in [0.2, 0.25) is 0 Å². The summed E-state index contributed by atoms with van der Waals surface area (Å²) in [5, 5.41) is 5.43. The van der Waals surface area contributed by atoms with Gasteiger partial charge < -0.3 is 5.73 Å². The van der Waals surface area contributed by atoms with Crippen LogP contribution in [0.4, 0.5) is 5.69 Å². The minimum absolute atomic E-state index is 0.457. The predicted molar refractivity (Wildman–Crippen MR) is 59.4 cm³/mol. The summed E-state index contributed by atoms with van der Waals surface area (Å²) >= 11 is 0. The van der Waals surface area contributed by atoms with Gasteiger partial charge in [0, 0.05) is 5.39 Å². The summed E-state index contributed by atoms with van der Waals surface area (Å²) in [6.45, 7) is 2.21. The third-order valence-corrected chi connectivity index (χ3v) is 3.14. The summed E-state index contributed by atoms with van der Waals surface area (Å²) in [7, 11) is 0. The Hall–Kier alpha value is -1.58. The second-order valence-electron chi connectivity index (χ2n) is 4.35. The molecule has 0 radical (unpaired) electrons. The van der Waals surface area contributed by atoms with Crippen LogP contribution in [0.1, 0.15) is 25.8 Å². The van der Waals surface area contributed by atoms with Crippen LogP contribution in [0.25, 0.3) is 11.0 Å². The average molecular weight is 202 g/mol. The van der Waals surface area contributed by atoms with E-state index in [-0.39, 0.29) is 0 Å². The van der Waals surface area contributed by atoms with Gasteiger partial charge in [0.05, 0.1) is 24.1 Å². The summed E-state index contributed by atoms with van der Waals surface area (Å²) in [5.74, 6) is 0.785. The maximum atomic E-state index is 5.68. The highest BCUT2D eigenvalue weighted by Crippen LogP contribution is 2.39. The van der Waals surface area contributed by atoms with Crippen LogP contribution >= 0.6 is 0 Å². The Balaban J connectivity index is 2.10. The first-order chi connectivity index (χ1) is 7.25. The molecule has 3 rings (SSSR count). The Kier molecular flexibility index (Phi) is 1.71. The molecule has 0 aliphatic heterocycles. The van der Waals surface area contributed by atoms with Gasteiger partial charge in [-0.05, 0) is 31.7 Å². The summed E-state index contributed by atoms with van der Waals surface area (Å²) in [4.78, 5) is 4.35.